The molecule has 18 heavy (non-hydrogen) atoms. The third-order valence-electron chi connectivity index (χ3n) is 3.80. The van der Waals surface area contributed by atoms with Crippen LogP contribution in [-0.2, 0) is 4.43 Å². The summed E-state index contributed by atoms with van der Waals surface area (Å²) in [6, 6.07) is 10.5. The molecule has 0 aromatic heterocycles. The van der Waals surface area contributed by atoms with Crippen molar-refractivity contribution < 1.29 is 4.43 Å². The smallest absolute Gasteiger partial charge is 0.192 e. The molecule has 1 atom stereocenters. The number of hydrogen-bond donors (Lipinski definition) is 0. The van der Waals surface area contributed by atoms with Crippen molar-refractivity contribution in [2.45, 2.75) is 51.4 Å². The van der Waals surface area contributed by atoms with E-state index in [2.05, 4.69) is 64.7 Å². The minimum atomic E-state index is -1.74. The van der Waals surface area contributed by atoms with Gasteiger partial charge in [-0.05, 0) is 30.1 Å². The Kier molecular flexibility index (Phi) is 4.94. The first-order valence-electron chi connectivity index (χ1n) is 6.61. The second-order valence-corrected chi connectivity index (χ2v) is 11.1. The largest absolute Gasteiger partial charge is 0.410 e. The van der Waals surface area contributed by atoms with Crippen LogP contribution in [0.3, 0.4) is 0 Å². The van der Waals surface area contributed by atoms with Crippen molar-refractivity contribution in [3.8, 4) is 0 Å². The van der Waals surface area contributed by atoms with E-state index >= 15 is 0 Å². The van der Waals surface area contributed by atoms with Gasteiger partial charge in [0.05, 0.1) is 6.10 Å². The van der Waals surface area contributed by atoms with Crippen LogP contribution < -0.4 is 0 Å². The summed E-state index contributed by atoms with van der Waals surface area (Å²) in [7, 11) is -1.74. The zero-order chi connectivity index (χ0) is 13.8. The summed E-state index contributed by atoms with van der Waals surface area (Å²) in [5.41, 5.74) is 1.25. The Morgan fingerprint density at radius 1 is 1.22 bits per heavy atom. The van der Waals surface area contributed by atoms with Gasteiger partial charge in [-0.15, -0.1) is 6.58 Å². The molecule has 0 N–H and O–H groups in total. The highest BCUT2D eigenvalue weighted by atomic mass is 28.4. The van der Waals surface area contributed by atoms with Crippen molar-refractivity contribution in [3.63, 3.8) is 0 Å². The van der Waals surface area contributed by atoms with Crippen LogP contribution in [-0.4, -0.2) is 8.32 Å². The molecule has 0 aliphatic carbocycles. The van der Waals surface area contributed by atoms with Gasteiger partial charge >= 0.3 is 0 Å². The highest BCUT2D eigenvalue weighted by Crippen LogP contribution is 2.40. The molecule has 0 aliphatic heterocycles. The van der Waals surface area contributed by atoms with Gasteiger partial charge in [0.1, 0.15) is 0 Å². The van der Waals surface area contributed by atoms with Crippen LogP contribution >= 0.6 is 0 Å². The molecule has 1 aromatic carbocycles. The van der Waals surface area contributed by atoms with Crippen LogP contribution in [0.15, 0.2) is 43.0 Å². The maximum atomic E-state index is 6.50. The standard InChI is InChI=1S/C16H26OSi/c1-7-11-15(14-12-9-8-10-13-14)17-18(5,6)16(2,3)4/h7-10,12-13,15H,1,11H2,2-6H3/t15-/m1/s1. The Bertz CT molecular complexity index is 376. The average molecular weight is 262 g/mol. The van der Waals surface area contributed by atoms with Gasteiger partial charge in [0.25, 0.3) is 0 Å². The molecule has 0 saturated heterocycles. The van der Waals surface area contributed by atoms with Gasteiger partial charge in [0, 0.05) is 0 Å². The van der Waals surface area contributed by atoms with Gasteiger partial charge in [-0.3, -0.25) is 0 Å². The first-order chi connectivity index (χ1) is 8.28. The van der Waals surface area contributed by atoms with E-state index in [-0.39, 0.29) is 11.1 Å². The second kappa shape index (κ2) is 5.85. The van der Waals surface area contributed by atoms with Gasteiger partial charge in [0.15, 0.2) is 8.32 Å². The number of benzene rings is 1. The summed E-state index contributed by atoms with van der Waals surface area (Å²) in [4.78, 5) is 0. The van der Waals surface area contributed by atoms with Crippen molar-refractivity contribution in [2.24, 2.45) is 0 Å². The fourth-order valence-electron chi connectivity index (χ4n) is 1.60. The summed E-state index contributed by atoms with van der Waals surface area (Å²) < 4.78 is 6.50. The molecule has 0 spiro atoms. The molecule has 0 aliphatic rings. The zero-order valence-electron chi connectivity index (χ0n) is 12.4. The van der Waals surface area contributed by atoms with Gasteiger partial charge in [0.2, 0.25) is 0 Å². The molecule has 100 valence electrons. The van der Waals surface area contributed by atoms with Crippen molar-refractivity contribution in [1.29, 1.82) is 0 Å². The van der Waals surface area contributed by atoms with E-state index in [0.717, 1.165) is 6.42 Å². The molecule has 0 heterocycles. The van der Waals surface area contributed by atoms with Crippen LogP contribution in [0.2, 0.25) is 18.1 Å². The second-order valence-electron chi connectivity index (χ2n) is 6.30. The summed E-state index contributed by atoms with van der Waals surface area (Å²) in [6.45, 7) is 15.3. The summed E-state index contributed by atoms with van der Waals surface area (Å²) >= 11 is 0. The Hall–Kier alpha value is -0.863. The van der Waals surface area contributed by atoms with Gasteiger partial charge in [-0.2, -0.15) is 0 Å². The quantitative estimate of drug-likeness (QED) is 0.515. The van der Waals surface area contributed by atoms with Gasteiger partial charge in [-0.1, -0.05) is 57.2 Å². The van der Waals surface area contributed by atoms with Crippen molar-refractivity contribution in [1.82, 2.24) is 0 Å². The lowest BCUT2D eigenvalue weighted by atomic mass is 10.1. The molecule has 1 rings (SSSR count). The van der Waals surface area contributed by atoms with E-state index in [1.165, 1.54) is 5.56 Å². The molecule has 0 fully saturated rings. The van der Waals surface area contributed by atoms with E-state index in [0.29, 0.717) is 0 Å². The minimum absolute atomic E-state index is 0.143. The molecular weight excluding hydrogens is 236 g/mol. The number of hydrogen-bond acceptors (Lipinski definition) is 1. The summed E-state index contributed by atoms with van der Waals surface area (Å²) in [6.07, 6.45) is 2.96. The molecule has 0 amide bonds. The third-order valence-corrected chi connectivity index (χ3v) is 8.28. The first-order valence-corrected chi connectivity index (χ1v) is 9.52. The Balaban J connectivity index is 2.92. The fourth-order valence-corrected chi connectivity index (χ4v) is 2.90. The first kappa shape index (κ1) is 15.2. The molecule has 0 bridgehead atoms. The lowest BCUT2D eigenvalue weighted by Gasteiger charge is -2.39. The minimum Gasteiger partial charge on any atom is -0.410 e. The fraction of sp³-hybridized carbons (Fsp3) is 0.500. The SMILES string of the molecule is C=CC[C@@H](O[Si](C)(C)C(C)(C)C)c1ccccc1. The van der Waals surface area contributed by atoms with Crippen molar-refractivity contribution in [3.05, 3.63) is 48.6 Å². The van der Waals surface area contributed by atoms with Gasteiger partial charge in [-0.25, -0.2) is 0 Å². The molecule has 1 nitrogen and oxygen atoms in total. The van der Waals surface area contributed by atoms with E-state index < -0.39 is 8.32 Å². The van der Waals surface area contributed by atoms with Crippen molar-refractivity contribution >= 4 is 8.32 Å². The van der Waals surface area contributed by atoms with E-state index in [4.69, 9.17) is 4.43 Å². The third kappa shape index (κ3) is 3.82. The molecule has 0 unspecified atom stereocenters. The molecule has 0 radical (unpaired) electrons. The highest BCUT2D eigenvalue weighted by molar-refractivity contribution is 6.74. The molecule has 1 aromatic rings. The lowest BCUT2D eigenvalue weighted by Crippen LogP contribution is -2.41. The van der Waals surface area contributed by atoms with Crippen LogP contribution in [0, 0.1) is 0 Å². The lowest BCUT2D eigenvalue weighted by molar-refractivity contribution is 0.187. The Morgan fingerprint density at radius 2 is 1.78 bits per heavy atom. The van der Waals surface area contributed by atoms with E-state index in [1.54, 1.807) is 0 Å². The molecule has 0 saturated carbocycles. The van der Waals surface area contributed by atoms with Crippen LogP contribution in [0.4, 0.5) is 0 Å². The number of rotatable bonds is 5. The monoisotopic (exact) mass is 262 g/mol. The maximum Gasteiger partial charge on any atom is 0.192 e. The van der Waals surface area contributed by atoms with Crippen LogP contribution in [0.5, 0.6) is 0 Å². The van der Waals surface area contributed by atoms with Crippen molar-refractivity contribution in [2.75, 3.05) is 0 Å². The zero-order valence-corrected chi connectivity index (χ0v) is 13.4. The predicted molar refractivity (Wildman–Crippen MR) is 82.3 cm³/mol. The van der Waals surface area contributed by atoms with Gasteiger partial charge < -0.3 is 4.43 Å². The Morgan fingerprint density at radius 3 is 2.22 bits per heavy atom. The maximum absolute atomic E-state index is 6.50. The average Bonchev–Trinajstić information content (AvgIpc) is 2.28. The normalized spacial score (nSPS) is 14.3. The Labute approximate surface area is 113 Å². The van der Waals surface area contributed by atoms with E-state index in [9.17, 15) is 0 Å². The predicted octanol–water partition coefficient (Wildman–Crippen LogP) is 5.33. The van der Waals surface area contributed by atoms with Crippen LogP contribution in [0.1, 0.15) is 38.9 Å². The van der Waals surface area contributed by atoms with Crippen LogP contribution in [0.25, 0.3) is 0 Å². The molecule has 2 heteroatoms. The topological polar surface area (TPSA) is 9.23 Å². The van der Waals surface area contributed by atoms with E-state index in [1.807, 2.05) is 12.1 Å². The summed E-state index contributed by atoms with van der Waals surface area (Å²) in [5.74, 6) is 0. The summed E-state index contributed by atoms with van der Waals surface area (Å²) in [5, 5.41) is 0.237. The molecular formula is C16H26OSi. The highest BCUT2D eigenvalue weighted by Gasteiger charge is 2.39.